The van der Waals surface area contributed by atoms with Crippen LogP contribution in [-0.2, 0) is 19.0 Å². The molecular formula is C16H17N3O6. The summed E-state index contributed by atoms with van der Waals surface area (Å²) in [6.45, 7) is 1.77. The van der Waals surface area contributed by atoms with Crippen LogP contribution in [0.5, 0.6) is 0 Å². The van der Waals surface area contributed by atoms with Gasteiger partial charge in [-0.3, -0.25) is 0 Å². The molecule has 0 aromatic carbocycles. The van der Waals surface area contributed by atoms with Crippen molar-refractivity contribution in [1.29, 1.82) is 0 Å². The SMILES string of the molecule is CCOC(=O)C(=CC1C=CC=C1)n1nnc(C(=O)OC)c1C(=O)OC. The second-order valence-corrected chi connectivity index (χ2v) is 4.80. The van der Waals surface area contributed by atoms with Crippen molar-refractivity contribution in [2.24, 2.45) is 5.92 Å². The molecule has 2 rings (SSSR count). The Morgan fingerprint density at radius 2 is 1.80 bits per heavy atom. The number of allylic oxidation sites excluding steroid dienone is 5. The maximum Gasteiger partial charge on any atom is 0.361 e. The summed E-state index contributed by atoms with van der Waals surface area (Å²) in [5.74, 6) is -2.69. The van der Waals surface area contributed by atoms with Gasteiger partial charge in [-0.2, -0.15) is 4.68 Å². The average molecular weight is 347 g/mol. The second kappa shape index (κ2) is 8.04. The van der Waals surface area contributed by atoms with Crippen molar-refractivity contribution >= 4 is 23.6 Å². The van der Waals surface area contributed by atoms with Gasteiger partial charge in [-0.25, -0.2) is 14.4 Å². The molecule has 0 spiro atoms. The molecule has 132 valence electrons. The number of aromatic nitrogens is 3. The van der Waals surface area contributed by atoms with Crippen LogP contribution < -0.4 is 0 Å². The number of esters is 3. The summed E-state index contributed by atoms with van der Waals surface area (Å²) < 4.78 is 15.2. The highest BCUT2D eigenvalue weighted by atomic mass is 16.5. The zero-order chi connectivity index (χ0) is 18.4. The minimum Gasteiger partial charge on any atom is -0.464 e. The van der Waals surface area contributed by atoms with Crippen LogP contribution in [-0.4, -0.2) is 53.7 Å². The van der Waals surface area contributed by atoms with Crippen molar-refractivity contribution in [3.8, 4) is 0 Å². The Balaban J connectivity index is 2.60. The first-order valence-corrected chi connectivity index (χ1v) is 7.40. The van der Waals surface area contributed by atoms with Gasteiger partial charge in [0.1, 0.15) is 5.70 Å². The van der Waals surface area contributed by atoms with Gasteiger partial charge in [-0.15, -0.1) is 5.10 Å². The summed E-state index contributed by atoms with van der Waals surface area (Å²) in [5, 5.41) is 7.39. The molecule has 1 aromatic rings. The molecule has 1 aromatic heterocycles. The van der Waals surface area contributed by atoms with E-state index in [9.17, 15) is 14.4 Å². The maximum atomic E-state index is 12.3. The number of methoxy groups -OCH3 is 2. The number of carbonyl (C=O) groups is 3. The van der Waals surface area contributed by atoms with Crippen LogP contribution in [0.1, 0.15) is 27.9 Å². The van der Waals surface area contributed by atoms with E-state index >= 15 is 0 Å². The minimum atomic E-state index is -0.891. The van der Waals surface area contributed by atoms with Gasteiger partial charge in [0.25, 0.3) is 0 Å². The Morgan fingerprint density at radius 1 is 1.16 bits per heavy atom. The molecule has 0 saturated heterocycles. The van der Waals surface area contributed by atoms with Crippen LogP contribution in [0.2, 0.25) is 0 Å². The van der Waals surface area contributed by atoms with Gasteiger partial charge in [-0.1, -0.05) is 29.5 Å². The molecule has 1 heterocycles. The third-order valence-corrected chi connectivity index (χ3v) is 3.27. The molecule has 0 atom stereocenters. The molecule has 0 N–H and O–H groups in total. The predicted molar refractivity (Wildman–Crippen MR) is 85.4 cm³/mol. The van der Waals surface area contributed by atoms with Gasteiger partial charge < -0.3 is 14.2 Å². The van der Waals surface area contributed by atoms with Crippen LogP contribution in [0.15, 0.2) is 30.4 Å². The van der Waals surface area contributed by atoms with Gasteiger partial charge in [-0.05, 0) is 13.0 Å². The monoisotopic (exact) mass is 347 g/mol. The van der Waals surface area contributed by atoms with Crippen molar-refractivity contribution in [1.82, 2.24) is 15.0 Å². The van der Waals surface area contributed by atoms with Crippen molar-refractivity contribution in [2.45, 2.75) is 6.92 Å². The Bertz CT molecular complexity index is 763. The fraction of sp³-hybridized carbons (Fsp3) is 0.312. The van der Waals surface area contributed by atoms with E-state index in [0.717, 1.165) is 18.9 Å². The lowest BCUT2D eigenvalue weighted by Crippen LogP contribution is -2.21. The number of carbonyl (C=O) groups excluding carboxylic acids is 3. The average Bonchev–Trinajstić information content (AvgIpc) is 3.27. The third kappa shape index (κ3) is 3.82. The van der Waals surface area contributed by atoms with Gasteiger partial charge in [0.2, 0.25) is 5.69 Å². The molecule has 0 radical (unpaired) electrons. The number of rotatable bonds is 6. The molecule has 9 nitrogen and oxygen atoms in total. The zero-order valence-corrected chi connectivity index (χ0v) is 14.0. The van der Waals surface area contributed by atoms with Crippen molar-refractivity contribution in [3.05, 3.63) is 41.8 Å². The number of hydrogen-bond donors (Lipinski definition) is 0. The first-order chi connectivity index (χ1) is 12.0. The van der Waals surface area contributed by atoms with E-state index < -0.39 is 17.9 Å². The van der Waals surface area contributed by atoms with E-state index in [1.807, 2.05) is 24.3 Å². The topological polar surface area (TPSA) is 110 Å². The van der Waals surface area contributed by atoms with Crippen molar-refractivity contribution < 1.29 is 28.6 Å². The lowest BCUT2D eigenvalue weighted by atomic mass is 10.1. The van der Waals surface area contributed by atoms with Gasteiger partial charge in [0.15, 0.2) is 5.69 Å². The van der Waals surface area contributed by atoms with Gasteiger partial charge in [0.05, 0.1) is 20.8 Å². The number of ether oxygens (including phenoxy) is 3. The Labute approximate surface area is 143 Å². The fourth-order valence-electron chi connectivity index (χ4n) is 2.14. The number of nitrogens with zero attached hydrogens (tertiary/aromatic N) is 3. The normalized spacial score (nSPS) is 13.8. The molecule has 1 aliphatic carbocycles. The van der Waals surface area contributed by atoms with Crippen LogP contribution in [0.4, 0.5) is 0 Å². The lowest BCUT2D eigenvalue weighted by molar-refractivity contribution is -0.136. The van der Waals surface area contributed by atoms with E-state index in [2.05, 4.69) is 19.8 Å². The largest absolute Gasteiger partial charge is 0.464 e. The highest BCUT2D eigenvalue weighted by molar-refractivity contribution is 6.12. The summed E-state index contributed by atoms with van der Waals surface area (Å²) >= 11 is 0. The quantitative estimate of drug-likeness (QED) is 0.426. The Morgan fingerprint density at radius 3 is 2.36 bits per heavy atom. The third-order valence-electron chi connectivity index (χ3n) is 3.27. The van der Waals surface area contributed by atoms with E-state index in [1.165, 1.54) is 0 Å². The molecule has 0 unspecified atom stereocenters. The smallest absolute Gasteiger partial charge is 0.361 e. The van der Waals surface area contributed by atoms with Crippen LogP contribution in [0.25, 0.3) is 5.70 Å². The predicted octanol–water partition coefficient (Wildman–Crippen LogP) is 0.998. The summed E-state index contributed by atoms with van der Waals surface area (Å²) in [5.41, 5.74) is -0.743. The van der Waals surface area contributed by atoms with E-state index in [4.69, 9.17) is 4.74 Å². The molecule has 25 heavy (non-hydrogen) atoms. The first kappa shape index (κ1) is 18.1. The Kier molecular flexibility index (Phi) is 5.83. The lowest BCUT2D eigenvalue weighted by Gasteiger charge is -2.10. The summed E-state index contributed by atoms with van der Waals surface area (Å²) in [6, 6.07) is 0. The molecule has 0 bridgehead atoms. The molecule has 0 fully saturated rings. The van der Waals surface area contributed by atoms with Crippen LogP contribution in [0.3, 0.4) is 0 Å². The van der Waals surface area contributed by atoms with Crippen LogP contribution in [0, 0.1) is 5.92 Å². The van der Waals surface area contributed by atoms with Gasteiger partial charge in [0, 0.05) is 5.92 Å². The minimum absolute atomic E-state index is 0.0638. The van der Waals surface area contributed by atoms with Crippen molar-refractivity contribution in [3.63, 3.8) is 0 Å². The summed E-state index contributed by atoms with van der Waals surface area (Å²) in [7, 11) is 2.27. The molecule has 0 aliphatic heterocycles. The highest BCUT2D eigenvalue weighted by Gasteiger charge is 2.31. The van der Waals surface area contributed by atoms with Crippen molar-refractivity contribution in [2.75, 3.05) is 20.8 Å². The molecule has 1 aliphatic rings. The maximum absolute atomic E-state index is 12.3. The van der Waals surface area contributed by atoms with E-state index in [-0.39, 0.29) is 29.6 Å². The molecule has 0 saturated carbocycles. The first-order valence-electron chi connectivity index (χ1n) is 7.40. The van der Waals surface area contributed by atoms with E-state index in [1.54, 1.807) is 13.0 Å². The standard InChI is InChI=1S/C16H17N3O6/c1-4-25-14(20)11(9-10-7-5-6-8-10)19-13(16(22)24-3)12(17-18-19)15(21)23-2/h5-10H,4H2,1-3H3. The second-order valence-electron chi connectivity index (χ2n) is 4.80. The van der Waals surface area contributed by atoms with E-state index in [0.29, 0.717) is 0 Å². The molecular weight excluding hydrogens is 330 g/mol. The summed E-state index contributed by atoms with van der Waals surface area (Å²) in [4.78, 5) is 36.3. The fourth-order valence-corrected chi connectivity index (χ4v) is 2.14. The Hall–Kier alpha value is -3.23. The van der Waals surface area contributed by atoms with Gasteiger partial charge >= 0.3 is 17.9 Å². The molecule has 0 amide bonds. The highest BCUT2D eigenvalue weighted by Crippen LogP contribution is 2.20. The molecule has 9 heteroatoms. The zero-order valence-electron chi connectivity index (χ0n) is 14.0. The van der Waals surface area contributed by atoms with Crippen LogP contribution >= 0.6 is 0 Å². The summed E-state index contributed by atoms with van der Waals surface area (Å²) in [6.07, 6.45) is 8.82. The number of hydrogen-bond acceptors (Lipinski definition) is 8.